The van der Waals surface area contributed by atoms with E-state index in [2.05, 4.69) is 10.3 Å². The molecule has 4 nitrogen and oxygen atoms in total. The van der Waals surface area contributed by atoms with Crippen molar-refractivity contribution in [2.24, 2.45) is 4.99 Å². The molecule has 1 aliphatic carbocycles. The summed E-state index contributed by atoms with van der Waals surface area (Å²) in [6.45, 7) is 1.66. The predicted octanol–water partition coefficient (Wildman–Crippen LogP) is 1.56. The van der Waals surface area contributed by atoms with Crippen LogP contribution in [0.5, 0.6) is 0 Å². The fourth-order valence-electron chi connectivity index (χ4n) is 2.63. The molecule has 0 spiro atoms. The van der Waals surface area contributed by atoms with Gasteiger partial charge in [0.2, 0.25) is 0 Å². The van der Waals surface area contributed by atoms with Gasteiger partial charge in [-0.25, -0.2) is 0 Å². The van der Waals surface area contributed by atoms with Crippen molar-refractivity contribution in [1.29, 1.82) is 0 Å². The molecule has 1 amide bonds. The van der Waals surface area contributed by atoms with Gasteiger partial charge >= 0.3 is 0 Å². The zero-order chi connectivity index (χ0) is 12.1. The highest BCUT2D eigenvalue weighted by Crippen LogP contribution is 2.21. The van der Waals surface area contributed by atoms with Crippen molar-refractivity contribution >= 4 is 11.7 Å². The van der Waals surface area contributed by atoms with E-state index < -0.39 is 0 Å². The Balaban J connectivity index is 1.95. The fourth-order valence-corrected chi connectivity index (χ4v) is 2.63. The quantitative estimate of drug-likeness (QED) is 0.792. The molecule has 0 saturated heterocycles. The molecule has 0 aromatic carbocycles. The largest absolute Gasteiger partial charge is 0.366 e. The van der Waals surface area contributed by atoms with Gasteiger partial charge < -0.3 is 10.2 Å². The Morgan fingerprint density at radius 1 is 1.24 bits per heavy atom. The first-order valence-corrected chi connectivity index (χ1v) is 6.84. The summed E-state index contributed by atoms with van der Waals surface area (Å²) in [5, 5.41) is 3.16. The Labute approximate surface area is 103 Å². The molecule has 1 aliphatic heterocycles. The number of hydrogen-bond donors (Lipinski definition) is 1. The van der Waals surface area contributed by atoms with E-state index in [0.717, 1.165) is 38.8 Å². The molecule has 1 heterocycles. The summed E-state index contributed by atoms with van der Waals surface area (Å²) in [6.07, 6.45) is 8.30. The Morgan fingerprint density at radius 2 is 2.00 bits per heavy atom. The van der Waals surface area contributed by atoms with Crippen LogP contribution in [0.4, 0.5) is 0 Å². The topological polar surface area (TPSA) is 44.7 Å². The second kappa shape index (κ2) is 6.03. The number of nitrogens with zero attached hydrogens (tertiary/aromatic N) is 2. The second-order valence-corrected chi connectivity index (χ2v) is 5.07. The predicted molar refractivity (Wildman–Crippen MR) is 69.2 cm³/mol. The maximum Gasteiger partial charge on any atom is 0.288 e. The first-order chi connectivity index (χ1) is 8.29. The van der Waals surface area contributed by atoms with Gasteiger partial charge in [-0.3, -0.25) is 9.79 Å². The van der Waals surface area contributed by atoms with Crippen LogP contribution in [0.15, 0.2) is 4.99 Å². The number of rotatable bonds is 2. The number of amides is 1. The standard InChI is InChI=1S/C13H23N3O/c1-16(11-7-3-2-4-8-11)13(17)12-14-9-5-6-10-15-12/h11H,2-10H2,1H3,(H,14,15). The third-order valence-corrected chi connectivity index (χ3v) is 3.79. The SMILES string of the molecule is CN(C(=O)C1=NCCCCN1)C1CCCCC1. The van der Waals surface area contributed by atoms with Gasteiger partial charge in [0.25, 0.3) is 5.91 Å². The average molecular weight is 237 g/mol. The molecule has 0 radical (unpaired) electrons. The molecule has 1 fully saturated rings. The molecule has 0 aromatic rings. The first kappa shape index (κ1) is 12.4. The summed E-state index contributed by atoms with van der Waals surface area (Å²) in [6, 6.07) is 0.420. The number of hydrogen-bond acceptors (Lipinski definition) is 3. The molecule has 0 atom stereocenters. The van der Waals surface area contributed by atoms with Crippen molar-refractivity contribution in [2.75, 3.05) is 20.1 Å². The van der Waals surface area contributed by atoms with Crippen molar-refractivity contribution in [3.63, 3.8) is 0 Å². The highest BCUT2D eigenvalue weighted by atomic mass is 16.2. The number of carbonyl (C=O) groups is 1. The highest BCUT2D eigenvalue weighted by molar-refractivity contribution is 6.37. The van der Waals surface area contributed by atoms with Gasteiger partial charge in [-0.05, 0) is 25.7 Å². The Hall–Kier alpha value is -1.06. The highest BCUT2D eigenvalue weighted by Gasteiger charge is 2.25. The Kier molecular flexibility index (Phi) is 4.40. The summed E-state index contributed by atoms with van der Waals surface area (Å²) in [4.78, 5) is 18.5. The molecule has 1 saturated carbocycles. The van der Waals surface area contributed by atoms with Crippen LogP contribution in [-0.2, 0) is 4.79 Å². The first-order valence-electron chi connectivity index (χ1n) is 6.84. The van der Waals surface area contributed by atoms with Gasteiger partial charge in [-0.15, -0.1) is 0 Å². The summed E-state index contributed by atoms with van der Waals surface area (Å²) < 4.78 is 0. The third kappa shape index (κ3) is 3.20. The lowest BCUT2D eigenvalue weighted by Gasteiger charge is -2.31. The lowest BCUT2D eigenvalue weighted by atomic mass is 9.94. The molecule has 2 rings (SSSR count). The molecule has 96 valence electrons. The summed E-state index contributed by atoms with van der Waals surface area (Å²) in [5.74, 6) is 0.661. The number of aliphatic imine (C=N–C) groups is 1. The van der Waals surface area contributed by atoms with Gasteiger partial charge in [-0.2, -0.15) is 0 Å². The van der Waals surface area contributed by atoms with Gasteiger partial charge in [0.1, 0.15) is 0 Å². The smallest absolute Gasteiger partial charge is 0.288 e. The zero-order valence-corrected chi connectivity index (χ0v) is 10.7. The van der Waals surface area contributed by atoms with Crippen LogP contribution in [0, 0.1) is 0 Å². The molecule has 0 aromatic heterocycles. The Bertz CT molecular complexity index is 295. The fraction of sp³-hybridized carbons (Fsp3) is 0.846. The van der Waals surface area contributed by atoms with Crippen molar-refractivity contribution in [1.82, 2.24) is 10.2 Å². The van der Waals surface area contributed by atoms with E-state index in [9.17, 15) is 4.79 Å². The van der Waals surface area contributed by atoms with E-state index in [-0.39, 0.29) is 5.91 Å². The van der Waals surface area contributed by atoms with Gasteiger partial charge in [-0.1, -0.05) is 19.3 Å². The van der Waals surface area contributed by atoms with Crippen LogP contribution in [0.25, 0.3) is 0 Å². The Morgan fingerprint density at radius 3 is 2.76 bits per heavy atom. The molecule has 2 aliphatic rings. The van der Waals surface area contributed by atoms with Crippen LogP contribution < -0.4 is 5.32 Å². The molecule has 1 N–H and O–H groups in total. The van der Waals surface area contributed by atoms with E-state index in [1.807, 2.05) is 11.9 Å². The molecule has 0 bridgehead atoms. The van der Waals surface area contributed by atoms with E-state index >= 15 is 0 Å². The summed E-state index contributed by atoms with van der Waals surface area (Å²) in [5.41, 5.74) is 0. The minimum atomic E-state index is 0.0822. The molecular weight excluding hydrogens is 214 g/mol. The zero-order valence-electron chi connectivity index (χ0n) is 10.7. The number of likely N-dealkylation sites (N-methyl/N-ethyl adjacent to an activating group) is 1. The van der Waals surface area contributed by atoms with E-state index in [1.165, 1.54) is 19.3 Å². The van der Waals surface area contributed by atoms with Crippen molar-refractivity contribution in [2.45, 2.75) is 51.0 Å². The number of amidine groups is 1. The number of nitrogens with one attached hydrogen (secondary N) is 1. The van der Waals surface area contributed by atoms with Crippen LogP contribution in [0.2, 0.25) is 0 Å². The maximum atomic E-state index is 12.3. The molecular formula is C13H23N3O. The van der Waals surface area contributed by atoms with Gasteiger partial charge in [0, 0.05) is 26.2 Å². The normalized spacial score (nSPS) is 22.3. The van der Waals surface area contributed by atoms with Crippen LogP contribution in [0.3, 0.4) is 0 Å². The van der Waals surface area contributed by atoms with Crippen molar-refractivity contribution in [3.8, 4) is 0 Å². The summed E-state index contributed by atoms with van der Waals surface area (Å²) >= 11 is 0. The molecule has 4 heteroatoms. The van der Waals surface area contributed by atoms with Crippen molar-refractivity contribution in [3.05, 3.63) is 0 Å². The van der Waals surface area contributed by atoms with Gasteiger partial charge in [0.15, 0.2) is 5.84 Å². The average Bonchev–Trinajstić information content (AvgIpc) is 2.67. The lowest BCUT2D eigenvalue weighted by molar-refractivity contribution is -0.125. The van der Waals surface area contributed by atoms with Gasteiger partial charge in [0.05, 0.1) is 0 Å². The lowest BCUT2D eigenvalue weighted by Crippen LogP contribution is -2.46. The van der Waals surface area contributed by atoms with E-state index in [0.29, 0.717) is 11.9 Å². The number of carbonyl (C=O) groups excluding carboxylic acids is 1. The monoisotopic (exact) mass is 237 g/mol. The van der Waals surface area contributed by atoms with Crippen LogP contribution in [0.1, 0.15) is 44.9 Å². The summed E-state index contributed by atoms with van der Waals surface area (Å²) in [7, 11) is 1.92. The van der Waals surface area contributed by atoms with Crippen LogP contribution >= 0.6 is 0 Å². The van der Waals surface area contributed by atoms with E-state index in [4.69, 9.17) is 0 Å². The maximum absolute atomic E-state index is 12.3. The van der Waals surface area contributed by atoms with Crippen molar-refractivity contribution < 1.29 is 4.79 Å². The molecule has 17 heavy (non-hydrogen) atoms. The molecule has 0 unspecified atom stereocenters. The minimum Gasteiger partial charge on any atom is -0.366 e. The third-order valence-electron chi connectivity index (χ3n) is 3.79. The minimum absolute atomic E-state index is 0.0822. The van der Waals surface area contributed by atoms with Crippen LogP contribution in [-0.4, -0.2) is 42.8 Å². The van der Waals surface area contributed by atoms with E-state index in [1.54, 1.807) is 0 Å². The second-order valence-electron chi connectivity index (χ2n) is 5.07.